The summed E-state index contributed by atoms with van der Waals surface area (Å²) in [5.74, 6) is -0.349. The molecule has 0 saturated heterocycles. The lowest BCUT2D eigenvalue weighted by atomic mass is 10.1. The van der Waals surface area contributed by atoms with E-state index < -0.39 is 0 Å². The monoisotopic (exact) mass is 503 g/mol. The van der Waals surface area contributed by atoms with Gasteiger partial charge in [0.1, 0.15) is 12.1 Å². The maximum Gasteiger partial charge on any atom is 0.283 e. The van der Waals surface area contributed by atoms with E-state index in [1.165, 1.54) is 27.5 Å². The Morgan fingerprint density at radius 2 is 1.94 bits per heavy atom. The lowest BCUT2D eigenvalue weighted by Crippen LogP contribution is -2.23. The van der Waals surface area contributed by atoms with Gasteiger partial charge >= 0.3 is 0 Å². The first kappa shape index (κ1) is 22.3. The molecule has 4 heterocycles. The molecule has 0 aliphatic heterocycles. The van der Waals surface area contributed by atoms with Gasteiger partial charge in [0.2, 0.25) is 0 Å². The summed E-state index contributed by atoms with van der Waals surface area (Å²) in [6, 6.07) is 11.7. The topological polar surface area (TPSA) is 103 Å². The number of fused-ring (bicyclic) bond motifs is 4. The van der Waals surface area contributed by atoms with Crippen LogP contribution in [0, 0.1) is 5.82 Å². The summed E-state index contributed by atoms with van der Waals surface area (Å²) >= 11 is 6.15. The van der Waals surface area contributed by atoms with Crippen molar-refractivity contribution in [1.29, 1.82) is 0 Å². The molecule has 0 amide bonds. The molecule has 9 nitrogen and oxygen atoms in total. The van der Waals surface area contributed by atoms with Crippen molar-refractivity contribution in [3.05, 3.63) is 87.4 Å². The molecule has 4 aromatic heterocycles. The molecule has 0 fully saturated rings. The molecular weight excluding hydrogens is 485 g/mol. The molecule has 0 atom stereocenters. The number of aryl methyl sites for hydroxylation is 2. The highest BCUT2D eigenvalue weighted by Crippen LogP contribution is 2.29. The van der Waals surface area contributed by atoms with Crippen molar-refractivity contribution in [3.8, 4) is 11.1 Å². The van der Waals surface area contributed by atoms with E-state index in [-0.39, 0.29) is 29.1 Å². The van der Waals surface area contributed by atoms with Gasteiger partial charge in [-0.15, -0.1) is 10.2 Å². The molecule has 0 bridgehead atoms. The highest BCUT2D eigenvalue weighted by atomic mass is 35.5. The SMILES string of the molecule is COCc1nn2c(nnc3c(=O)n(CCc4c[nH]c5ccc(Cl)cc45)cnc32)c1-c1ccc(F)cc1. The number of hydrogen-bond acceptors (Lipinski definition) is 6. The molecule has 11 heteroatoms. The molecule has 1 N–H and O–H groups in total. The Kier molecular flexibility index (Phi) is 5.46. The zero-order chi connectivity index (χ0) is 24.8. The summed E-state index contributed by atoms with van der Waals surface area (Å²) in [6.07, 6.45) is 4.00. The molecule has 2 aromatic carbocycles. The number of benzene rings is 2. The summed E-state index contributed by atoms with van der Waals surface area (Å²) in [6.45, 7) is 0.596. The number of H-pyrrole nitrogens is 1. The van der Waals surface area contributed by atoms with Crippen LogP contribution < -0.4 is 5.56 Å². The number of ether oxygens (including phenoxy) is 1. The molecule has 0 radical (unpaired) electrons. The Hall–Kier alpha value is -4.15. The van der Waals surface area contributed by atoms with Crippen LogP contribution in [0.4, 0.5) is 4.39 Å². The molecule has 36 heavy (non-hydrogen) atoms. The van der Waals surface area contributed by atoms with Crippen molar-refractivity contribution < 1.29 is 9.13 Å². The van der Waals surface area contributed by atoms with Crippen molar-refractivity contribution >= 4 is 39.3 Å². The smallest absolute Gasteiger partial charge is 0.283 e. The maximum absolute atomic E-state index is 13.5. The number of methoxy groups -OCH3 is 1. The minimum absolute atomic E-state index is 0.101. The maximum atomic E-state index is 13.5. The summed E-state index contributed by atoms with van der Waals surface area (Å²) < 4.78 is 21.8. The Balaban J connectivity index is 1.41. The fourth-order valence-electron chi connectivity index (χ4n) is 4.41. The molecule has 0 aliphatic rings. The summed E-state index contributed by atoms with van der Waals surface area (Å²) in [5, 5.41) is 14.8. The molecule has 6 aromatic rings. The highest BCUT2D eigenvalue weighted by Gasteiger charge is 2.20. The predicted molar refractivity (Wildman–Crippen MR) is 133 cm³/mol. The van der Waals surface area contributed by atoms with Gasteiger partial charge in [-0.05, 0) is 47.9 Å². The van der Waals surface area contributed by atoms with Crippen LogP contribution in [0.5, 0.6) is 0 Å². The zero-order valence-electron chi connectivity index (χ0n) is 19.1. The van der Waals surface area contributed by atoms with Crippen LogP contribution in [0.15, 0.2) is 59.8 Å². The summed E-state index contributed by atoms with van der Waals surface area (Å²) in [4.78, 5) is 21.0. The number of aromatic nitrogens is 7. The van der Waals surface area contributed by atoms with Crippen LogP contribution in [0.3, 0.4) is 0 Å². The van der Waals surface area contributed by atoms with E-state index in [2.05, 4.69) is 25.3 Å². The Morgan fingerprint density at radius 1 is 1.11 bits per heavy atom. The molecular formula is C25H19ClFN7O2. The average molecular weight is 504 g/mol. The van der Waals surface area contributed by atoms with Crippen LogP contribution in [0.25, 0.3) is 38.8 Å². The summed E-state index contributed by atoms with van der Waals surface area (Å²) in [7, 11) is 1.56. The Labute approximate surface area is 208 Å². The predicted octanol–water partition coefficient (Wildman–Crippen LogP) is 4.16. The van der Waals surface area contributed by atoms with Gasteiger partial charge in [-0.2, -0.15) is 9.61 Å². The standard InChI is InChI=1S/C25H19ClFN7O2/c1-36-12-20-21(14-2-5-17(27)6-3-14)23-31-30-22-24(34(23)32-20)29-13-33(25(22)35)9-8-15-11-28-19-7-4-16(26)10-18(15)19/h2-7,10-11,13,28H,8-9,12H2,1H3. The van der Waals surface area contributed by atoms with E-state index in [4.69, 9.17) is 16.3 Å². The van der Waals surface area contributed by atoms with Crippen LogP contribution >= 0.6 is 11.6 Å². The number of rotatable bonds is 6. The van der Waals surface area contributed by atoms with Gasteiger partial charge in [-0.25, -0.2) is 9.37 Å². The van der Waals surface area contributed by atoms with Crippen molar-refractivity contribution in [1.82, 2.24) is 34.3 Å². The van der Waals surface area contributed by atoms with E-state index in [0.29, 0.717) is 40.5 Å². The lowest BCUT2D eigenvalue weighted by molar-refractivity contribution is 0.181. The highest BCUT2D eigenvalue weighted by molar-refractivity contribution is 6.31. The minimum Gasteiger partial charge on any atom is -0.378 e. The van der Waals surface area contributed by atoms with Gasteiger partial charge in [0.25, 0.3) is 5.56 Å². The van der Waals surface area contributed by atoms with E-state index in [1.807, 2.05) is 24.4 Å². The number of halogens is 2. The van der Waals surface area contributed by atoms with Gasteiger partial charge in [-0.3, -0.25) is 9.36 Å². The van der Waals surface area contributed by atoms with E-state index in [9.17, 15) is 9.18 Å². The lowest BCUT2D eigenvalue weighted by Gasteiger charge is -2.07. The van der Waals surface area contributed by atoms with Crippen LogP contribution in [-0.2, 0) is 24.3 Å². The van der Waals surface area contributed by atoms with Gasteiger partial charge in [-0.1, -0.05) is 23.7 Å². The van der Waals surface area contributed by atoms with Crippen LogP contribution in [0.1, 0.15) is 11.3 Å². The van der Waals surface area contributed by atoms with Crippen molar-refractivity contribution in [2.75, 3.05) is 7.11 Å². The first-order chi connectivity index (χ1) is 17.5. The normalized spacial score (nSPS) is 11.8. The third-order valence-corrected chi connectivity index (χ3v) is 6.37. The van der Waals surface area contributed by atoms with E-state index in [1.54, 1.807) is 19.2 Å². The van der Waals surface area contributed by atoms with Gasteiger partial charge in [0.15, 0.2) is 16.8 Å². The van der Waals surface area contributed by atoms with Crippen LogP contribution in [0.2, 0.25) is 5.02 Å². The first-order valence-corrected chi connectivity index (χ1v) is 11.5. The fraction of sp³-hybridized carbons (Fsp3) is 0.160. The van der Waals surface area contributed by atoms with Crippen molar-refractivity contribution in [2.45, 2.75) is 19.6 Å². The number of nitrogens with one attached hydrogen (secondary N) is 1. The number of nitrogens with zero attached hydrogens (tertiary/aromatic N) is 6. The fourth-order valence-corrected chi connectivity index (χ4v) is 4.58. The van der Waals surface area contributed by atoms with Gasteiger partial charge in [0, 0.05) is 35.8 Å². The molecule has 6 rings (SSSR count). The quantitative estimate of drug-likeness (QED) is 0.366. The second kappa shape index (κ2) is 8.81. The minimum atomic E-state index is -0.349. The third kappa shape index (κ3) is 3.71. The third-order valence-electron chi connectivity index (χ3n) is 6.14. The molecule has 0 saturated carbocycles. The number of aromatic amines is 1. The van der Waals surface area contributed by atoms with Crippen molar-refractivity contribution in [3.63, 3.8) is 0 Å². The van der Waals surface area contributed by atoms with E-state index in [0.717, 1.165) is 16.5 Å². The Morgan fingerprint density at radius 3 is 2.75 bits per heavy atom. The van der Waals surface area contributed by atoms with E-state index >= 15 is 0 Å². The molecule has 0 unspecified atom stereocenters. The average Bonchev–Trinajstić information content (AvgIpc) is 3.45. The molecule has 0 aliphatic carbocycles. The first-order valence-electron chi connectivity index (χ1n) is 11.2. The molecule has 180 valence electrons. The second-order valence-electron chi connectivity index (χ2n) is 8.37. The van der Waals surface area contributed by atoms with Crippen LogP contribution in [-0.4, -0.2) is 41.5 Å². The number of hydrogen-bond donors (Lipinski definition) is 1. The Bertz CT molecular complexity index is 1810. The molecule has 0 spiro atoms. The largest absolute Gasteiger partial charge is 0.378 e. The zero-order valence-corrected chi connectivity index (χ0v) is 19.8. The van der Waals surface area contributed by atoms with Gasteiger partial charge in [0.05, 0.1) is 17.9 Å². The second-order valence-corrected chi connectivity index (χ2v) is 8.80. The van der Waals surface area contributed by atoms with Gasteiger partial charge < -0.3 is 9.72 Å². The van der Waals surface area contributed by atoms with Crippen molar-refractivity contribution in [2.24, 2.45) is 0 Å². The summed E-state index contributed by atoms with van der Waals surface area (Å²) in [5.41, 5.74) is 4.43.